The SMILES string of the molecule is Fc1ccccc1[C@@H](c1nnc(-c2ccccc2)o1)N1CCC2(CC1)OCCO2. The van der Waals surface area contributed by atoms with Crippen LogP contribution in [0.2, 0.25) is 0 Å². The molecule has 2 aliphatic heterocycles. The van der Waals surface area contributed by atoms with Crippen LogP contribution in [-0.4, -0.2) is 47.2 Å². The van der Waals surface area contributed by atoms with E-state index in [2.05, 4.69) is 15.1 Å². The van der Waals surface area contributed by atoms with Crippen LogP contribution in [0.4, 0.5) is 4.39 Å². The van der Waals surface area contributed by atoms with Gasteiger partial charge in [-0.05, 0) is 18.2 Å². The molecule has 7 heteroatoms. The molecule has 6 nitrogen and oxygen atoms in total. The van der Waals surface area contributed by atoms with E-state index in [0.717, 1.165) is 18.4 Å². The van der Waals surface area contributed by atoms with Crippen LogP contribution >= 0.6 is 0 Å². The summed E-state index contributed by atoms with van der Waals surface area (Å²) in [6.07, 6.45) is 1.44. The van der Waals surface area contributed by atoms with E-state index in [1.54, 1.807) is 12.1 Å². The predicted octanol–water partition coefficient (Wildman–Crippen LogP) is 3.80. The third kappa shape index (κ3) is 3.57. The molecule has 3 heterocycles. The van der Waals surface area contributed by atoms with Crippen molar-refractivity contribution in [3.05, 3.63) is 71.9 Å². The molecule has 0 aliphatic carbocycles. The third-order valence-electron chi connectivity index (χ3n) is 5.63. The number of hydrogen-bond acceptors (Lipinski definition) is 6. The molecular formula is C22H22FN3O3. The van der Waals surface area contributed by atoms with Crippen molar-refractivity contribution in [2.24, 2.45) is 0 Å². The van der Waals surface area contributed by atoms with E-state index < -0.39 is 11.8 Å². The highest BCUT2D eigenvalue weighted by molar-refractivity contribution is 5.51. The smallest absolute Gasteiger partial charge is 0.247 e. The summed E-state index contributed by atoms with van der Waals surface area (Å²) in [5.74, 6) is 0.0296. The average Bonchev–Trinajstić information content (AvgIpc) is 3.42. The van der Waals surface area contributed by atoms with E-state index >= 15 is 0 Å². The molecule has 0 radical (unpaired) electrons. The van der Waals surface area contributed by atoms with Gasteiger partial charge in [-0.1, -0.05) is 36.4 Å². The number of aromatic nitrogens is 2. The van der Waals surface area contributed by atoms with E-state index in [1.165, 1.54) is 6.07 Å². The maximum absolute atomic E-state index is 14.7. The highest BCUT2D eigenvalue weighted by Gasteiger charge is 2.42. The number of benzene rings is 2. The van der Waals surface area contributed by atoms with E-state index in [-0.39, 0.29) is 5.82 Å². The van der Waals surface area contributed by atoms with Gasteiger partial charge in [0.15, 0.2) is 5.79 Å². The minimum absolute atomic E-state index is 0.286. The number of piperidine rings is 1. The molecule has 0 unspecified atom stereocenters. The highest BCUT2D eigenvalue weighted by Crippen LogP contribution is 2.38. The van der Waals surface area contributed by atoms with E-state index in [0.29, 0.717) is 43.6 Å². The van der Waals surface area contributed by atoms with Crippen LogP contribution < -0.4 is 0 Å². The minimum atomic E-state index is -0.500. The monoisotopic (exact) mass is 395 g/mol. The lowest BCUT2D eigenvalue weighted by atomic mass is 9.98. The summed E-state index contributed by atoms with van der Waals surface area (Å²) in [4.78, 5) is 2.16. The number of likely N-dealkylation sites (tertiary alicyclic amines) is 1. The van der Waals surface area contributed by atoms with Crippen molar-refractivity contribution >= 4 is 0 Å². The lowest BCUT2D eigenvalue weighted by molar-refractivity contribution is -0.187. The predicted molar refractivity (Wildman–Crippen MR) is 103 cm³/mol. The summed E-state index contributed by atoms with van der Waals surface area (Å²) in [7, 11) is 0. The van der Waals surface area contributed by atoms with Gasteiger partial charge in [0.2, 0.25) is 11.8 Å². The van der Waals surface area contributed by atoms with Gasteiger partial charge in [0.1, 0.15) is 11.9 Å². The number of ether oxygens (including phenoxy) is 2. The topological polar surface area (TPSA) is 60.6 Å². The summed E-state index contributed by atoms with van der Waals surface area (Å²) in [5, 5.41) is 8.50. The van der Waals surface area contributed by atoms with Crippen LogP contribution in [-0.2, 0) is 9.47 Å². The van der Waals surface area contributed by atoms with Crippen molar-refractivity contribution in [3.63, 3.8) is 0 Å². The first-order chi connectivity index (χ1) is 14.2. The molecule has 2 aliphatic rings. The third-order valence-corrected chi connectivity index (χ3v) is 5.63. The minimum Gasteiger partial charge on any atom is -0.419 e. The second kappa shape index (κ2) is 7.67. The molecule has 0 amide bonds. The Morgan fingerprint density at radius 3 is 2.31 bits per heavy atom. The zero-order valence-electron chi connectivity index (χ0n) is 16.0. The van der Waals surface area contributed by atoms with Crippen LogP contribution in [0.3, 0.4) is 0 Å². The zero-order chi connectivity index (χ0) is 19.7. The molecule has 29 heavy (non-hydrogen) atoms. The van der Waals surface area contributed by atoms with Crippen LogP contribution in [0.25, 0.3) is 11.5 Å². The summed E-state index contributed by atoms with van der Waals surface area (Å²) in [6.45, 7) is 2.62. The van der Waals surface area contributed by atoms with Crippen molar-refractivity contribution in [1.82, 2.24) is 15.1 Å². The Labute approximate surface area is 168 Å². The van der Waals surface area contributed by atoms with Gasteiger partial charge in [0.25, 0.3) is 0 Å². The maximum Gasteiger partial charge on any atom is 0.247 e. The first kappa shape index (κ1) is 18.4. The first-order valence-corrected chi connectivity index (χ1v) is 9.89. The first-order valence-electron chi connectivity index (χ1n) is 9.89. The van der Waals surface area contributed by atoms with Crippen LogP contribution in [0, 0.1) is 5.82 Å². The van der Waals surface area contributed by atoms with Gasteiger partial charge >= 0.3 is 0 Å². The van der Waals surface area contributed by atoms with Crippen molar-refractivity contribution < 1.29 is 18.3 Å². The quantitative estimate of drug-likeness (QED) is 0.670. The molecular weight excluding hydrogens is 373 g/mol. The molecule has 150 valence electrons. The molecule has 1 atom stereocenters. The summed E-state index contributed by atoms with van der Waals surface area (Å²) >= 11 is 0. The summed E-state index contributed by atoms with van der Waals surface area (Å²) in [5.41, 5.74) is 1.36. The molecule has 2 saturated heterocycles. The largest absolute Gasteiger partial charge is 0.419 e. The molecule has 0 N–H and O–H groups in total. The van der Waals surface area contributed by atoms with Crippen LogP contribution in [0.5, 0.6) is 0 Å². The summed E-state index contributed by atoms with van der Waals surface area (Å²) in [6, 6.07) is 15.9. The number of nitrogens with zero attached hydrogens (tertiary/aromatic N) is 3. The van der Waals surface area contributed by atoms with Gasteiger partial charge in [-0.25, -0.2) is 4.39 Å². The number of halogens is 1. The highest BCUT2D eigenvalue weighted by atomic mass is 19.1. The van der Waals surface area contributed by atoms with Gasteiger partial charge in [-0.2, -0.15) is 0 Å². The molecule has 0 saturated carbocycles. The fraction of sp³-hybridized carbons (Fsp3) is 0.364. The van der Waals surface area contributed by atoms with Crippen LogP contribution in [0.15, 0.2) is 59.0 Å². The number of rotatable bonds is 4. The van der Waals surface area contributed by atoms with Gasteiger partial charge in [0, 0.05) is 37.1 Å². The van der Waals surface area contributed by atoms with E-state index in [9.17, 15) is 4.39 Å². The fourth-order valence-electron chi connectivity index (χ4n) is 4.13. The second-order valence-corrected chi connectivity index (χ2v) is 7.38. The second-order valence-electron chi connectivity index (χ2n) is 7.38. The van der Waals surface area contributed by atoms with Crippen molar-refractivity contribution in [2.75, 3.05) is 26.3 Å². The van der Waals surface area contributed by atoms with E-state index in [4.69, 9.17) is 13.9 Å². The van der Waals surface area contributed by atoms with Gasteiger partial charge in [0.05, 0.1) is 13.2 Å². The maximum atomic E-state index is 14.7. The van der Waals surface area contributed by atoms with Gasteiger partial charge < -0.3 is 13.9 Å². The Bertz CT molecular complexity index is 962. The Morgan fingerprint density at radius 1 is 0.897 bits per heavy atom. The van der Waals surface area contributed by atoms with E-state index in [1.807, 2.05) is 36.4 Å². The Kier molecular flexibility index (Phi) is 4.87. The van der Waals surface area contributed by atoms with Crippen LogP contribution in [0.1, 0.15) is 30.3 Å². The lowest BCUT2D eigenvalue weighted by Crippen LogP contribution is -2.46. The molecule has 3 aromatic rings. The summed E-state index contributed by atoms with van der Waals surface area (Å²) < 4.78 is 32.4. The Hall–Kier alpha value is -2.61. The molecule has 0 bridgehead atoms. The normalized spacial score (nSPS) is 20.2. The average molecular weight is 395 g/mol. The van der Waals surface area contributed by atoms with Crippen molar-refractivity contribution in [3.8, 4) is 11.5 Å². The van der Waals surface area contributed by atoms with Gasteiger partial charge in [-0.15, -0.1) is 10.2 Å². The fourth-order valence-corrected chi connectivity index (χ4v) is 4.13. The molecule has 5 rings (SSSR count). The molecule has 2 fully saturated rings. The van der Waals surface area contributed by atoms with Crippen molar-refractivity contribution in [1.29, 1.82) is 0 Å². The Balaban J connectivity index is 1.47. The Morgan fingerprint density at radius 2 is 1.59 bits per heavy atom. The van der Waals surface area contributed by atoms with Gasteiger partial charge in [-0.3, -0.25) is 4.90 Å². The molecule has 2 aromatic carbocycles. The lowest BCUT2D eigenvalue weighted by Gasteiger charge is -2.40. The standard InChI is InChI=1S/C22H22FN3O3/c23-18-9-5-4-8-17(18)19(26-12-10-22(11-13-26)27-14-15-28-22)21-25-24-20(29-21)16-6-2-1-3-7-16/h1-9,19H,10-15H2/t19-/m0/s1. The zero-order valence-corrected chi connectivity index (χ0v) is 16.0. The number of hydrogen-bond donors (Lipinski definition) is 0. The van der Waals surface area contributed by atoms with Crippen molar-refractivity contribution in [2.45, 2.75) is 24.7 Å². The molecule has 1 spiro atoms. The molecule has 1 aromatic heterocycles.